The highest BCUT2D eigenvalue weighted by molar-refractivity contribution is 7.98. The van der Waals surface area contributed by atoms with E-state index in [-0.39, 0.29) is 18.1 Å². The third kappa shape index (κ3) is 2.29. The molecule has 0 aliphatic heterocycles. The molecule has 1 aromatic rings. The Hall–Kier alpha value is -0.870. The van der Waals surface area contributed by atoms with Crippen molar-refractivity contribution in [2.24, 2.45) is 5.73 Å². The first kappa shape index (κ1) is 10.2. The predicted molar refractivity (Wildman–Crippen MR) is 51.6 cm³/mol. The summed E-state index contributed by atoms with van der Waals surface area (Å²) in [6.07, 6.45) is 1.78. The van der Waals surface area contributed by atoms with Crippen LogP contribution < -0.4 is 5.73 Å². The summed E-state index contributed by atoms with van der Waals surface area (Å²) in [5, 5.41) is 0. The van der Waals surface area contributed by atoms with Crippen LogP contribution in [-0.2, 0) is 0 Å². The molecule has 0 aromatic heterocycles. The molecule has 2 N–H and O–H groups in total. The summed E-state index contributed by atoms with van der Waals surface area (Å²) in [5.41, 5.74) is 5.48. The largest absolute Gasteiger partial charge is 0.324 e. The number of carbonyl (C=O) groups excluding carboxylic acids is 1. The number of hydrogen-bond acceptors (Lipinski definition) is 3. The molecule has 4 heteroatoms. The molecule has 0 aliphatic carbocycles. The predicted octanol–water partition coefficient (Wildman–Crippen LogP) is 1.69. The van der Waals surface area contributed by atoms with Crippen LogP contribution in [0.25, 0.3) is 0 Å². The maximum atomic E-state index is 13.1. The fraction of sp³-hybridized carbons (Fsp3) is 0.222. The van der Waals surface area contributed by atoms with Gasteiger partial charge < -0.3 is 5.73 Å². The third-order valence-electron chi connectivity index (χ3n) is 1.66. The Bertz CT molecular complexity index is 327. The van der Waals surface area contributed by atoms with Crippen molar-refractivity contribution in [3.05, 3.63) is 29.6 Å². The molecule has 0 heterocycles. The Morgan fingerprint density at radius 1 is 1.62 bits per heavy atom. The van der Waals surface area contributed by atoms with Gasteiger partial charge in [-0.25, -0.2) is 4.39 Å². The lowest BCUT2D eigenvalue weighted by Gasteiger charge is -2.01. The van der Waals surface area contributed by atoms with Crippen LogP contribution in [-0.4, -0.2) is 18.6 Å². The first-order valence-corrected chi connectivity index (χ1v) is 4.98. The van der Waals surface area contributed by atoms with Gasteiger partial charge in [-0.3, -0.25) is 4.79 Å². The van der Waals surface area contributed by atoms with Crippen molar-refractivity contribution < 1.29 is 9.18 Å². The van der Waals surface area contributed by atoms with E-state index >= 15 is 0 Å². The molecule has 13 heavy (non-hydrogen) atoms. The number of carbonyl (C=O) groups is 1. The minimum atomic E-state index is -0.369. The Morgan fingerprint density at radius 3 is 2.77 bits per heavy atom. The standard InChI is InChI=1S/C9H10FNOS/c1-13-9-3-2-6(4-7(9)10)8(12)5-11/h2-4H,5,11H2,1H3. The summed E-state index contributed by atoms with van der Waals surface area (Å²) in [6, 6.07) is 4.40. The van der Waals surface area contributed by atoms with E-state index in [0.717, 1.165) is 0 Å². The minimum Gasteiger partial charge on any atom is -0.324 e. The average molecular weight is 199 g/mol. The van der Waals surface area contributed by atoms with E-state index in [4.69, 9.17) is 5.73 Å². The highest BCUT2D eigenvalue weighted by atomic mass is 32.2. The van der Waals surface area contributed by atoms with Gasteiger partial charge in [-0.05, 0) is 18.4 Å². The first-order chi connectivity index (χ1) is 6.19. The molecule has 0 unspecified atom stereocenters. The summed E-state index contributed by atoms with van der Waals surface area (Å²) in [5.74, 6) is -0.613. The first-order valence-electron chi connectivity index (χ1n) is 3.76. The SMILES string of the molecule is CSc1ccc(C(=O)CN)cc1F. The van der Waals surface area contributed by atoms with Crippen LogP contribution in [0.2, 0.25) is 0 Å². The molecular formula is C9H10FNOS. The zero-order chi connectivity index (χ0) is 9.84. The summed E-state index contributed by atoms with van der Waals surface area (Å²) < 4.78 is 13.1. The van der Waals surface area contributed by atoms with Gasteiger partial charge in [0.25, 0.3) is 0 Å². The van der Waals surface area contributed by atoms with Crippen molar-refractivity contribution in [2.75, 3.05) is 12.8 Å². The molecule has 0 fully saturated rings. The fourth-order valence-electron chi connectivity index (χ4n) is 0.958. The molecule has 0 amide bonds. The van der Waals surface area contributed by atoms with Gasteiger partial charge in [0.2, 0.25) is 0 Å². The van der Waals surface area contributed by atoms with Crippen molar-refractivity contribution >= 4 is 17.5 Å². The van der Waals surface area contributed by atoms with E-state index in [1.54, 1.807) is 18.4 Å². The van der Waals surface area contributed by atoms with Crippen LogP contribution in [0.15, 0.2) is 23.1 Å². The van der Waals surface area contributed by atoms with E-state index in [1.165, 1.54) is 17.8 Å². The summed E-state index contributed by atoms with van der Waals surface area (Å²) in [4.78, 5) is 11.6. The van der Waals surface area contributed by atoms with Crippen molar-refractivity contribution in [3.8, 4) is 0 Å². The van der Waals surface area contributed by atoms with Gasteiger partial charge in [-0.1, -0.05) is 6.07 Å². The molecule has 1 aromatic carbocycles. The number of rotatable bonds is 3. The van der Waals surface area contributed by atoms with E-state index in [1.807, 2.05) is 0 Å². The van der Waals surface area contributed by atoms with E-state index in [0.29, 0.717) is 10.5 Å². The van der Waals surface area contributed by atoms with Crippen molar-refractivity contribution in [3.63, 3.8) is 0 Å². The summed E-state index contributed by atoms with van der Waals surface area (Å²) >= 11 is 1.31. The van der Waals surface area contributed by atoms with E-state index in [2.05, 4.69) is 0 Å². The topological polar surface area (TPSA) is 43.1 Å². The van der Waals surface area contributed by atoms with Crippen LogP contribution >= 0.6 is 11.8 Å². The number of nitrogens with two attached hydrogens (primary N) is 1. The Labute approximate surface area is 80.3 Å². The van der Waals surface area contributed by atoms with Crippen LogP contribution in [0.5, 0.6) is 0 Å². The molecule has 0 atom stereocenters. The van der Waals surface area contributed by atoms with Gasteiger partial charge in [0.15, 0.2) is 5.78 Å². The average Bonchev–Trinajstić information content (AvgIpc) is 2.16. The van der Waals surface area contributed by atoms with E-state index < -0.39 is 0 Å². The molecule has 1 rings (SSSR count). The number of Topliss-reactive ketones (excluding diaryl/α,β-unsaturated/α-hetero) is 1. The highest BCUT2D eigenvalue weighted by Gasteiger charge is 2.07. The van der Waals surface area contributed by atoms with Gasteiger partial charge in [0.05, 0.1) is 6.54 Å². The smallest absolute Gasteiger partial charge is 0.176 e. The molecule has 0 spiro atoms. The van der Waals surface area contributed by atoms with Gasteiger partial charge in [-0.2, -0.15) is 0 Å². The number of hydrogen-bond donors (Lipinski definition) is 1. The number of thioether (sulfide) groups is 1. The lowest BCUT2D eigenvalue weighted by atomic mass is 10.1. The third-order valence-corrected chi connectivity index (χ3v) is 2.43. The lowest BCUT2D eigenvalue weighted by Crippen LogP contribution is -2.13. The molecular weight excluding hydrogens is 189 g/mol. The number of benzene rings is 1. The van der Waals surface area contributed by atoms with Crippen LogP contribution in [0.1, 0.15) is 10.4 Å². The molecule has 0 saturated carbocycles. The second-order valence-electron chi connectivity index (χ2n) is 2.48. The monoisotopic (exact) mass is 199 g/mol. The summed E-state index contributed by atoms with van der Waals surface area (Å²) in [7, 11) is 0. The quantitative estimate of drug-likeness (QED) is 0.595. The second-order valence-corrected chi connectivity index (χ2v) is 3.32. The molecule has 0 bridgehead atoms. The summed E-state index contributed by atoms with van der Waals surface area (Å²) in [6.45, 7) is -0.0853. The van der Waals surface area contributed by atoms with Gasteiger partial charge >= 0.3 is 0 Å². The van der Waals surface area contributed by atoms with Gasteiger partial charge in [0.1, 0.15) is 5.82 Å². The van der Waals surface area contributed by atoms with Crippen molar-refractivity contribution in [2.45, 2.75) is 4.90 Å². The number of ketones is 1. The van der Waals surface area contributed by atoms with Crippen molar-refractivity contribution in [1.82, 2.24) is 0 Å². The van der Waals surface area contributed by atoms with Crippen LogP contribution in [0, 0.1) is 5.82 Å². The Kier molecular flexibility index (Phi) is 3.45. The number of halogens is 1. The normalized spacial score (nSPS) is 10.1. The fourth-order valence-corrected chi connectivity index (χ4v) is 1.42. The Morgan fingerprint density at radius 2 is 2.31 bits per heavy atom. The zero-order valence-corrected chi connectivity index (χ0v) is 8.03. The van der Waals surface area contributed by atoms with Crippen LogP contribution in [0.4, 0.5) is 4.39 Å². The molecule has 0 radical (unpaired) electrons. The van der Waals surface area contributed by atoms with Crippen molar-refractivity contribution in [1.29, 1.82) is 0 Å². The lowest BCUT2D eigenvalue weighted by molar-refractivity contribution is 0.100. The minimum absolute atomic E-state index is 0.0853. The van der Waals surface area contributed by atoms with Gasteiger partial charge in [-0.15, -0.1) is 11.8 Å². The maximum Gasteiger partial charge on any atom is 0.176 e. The van der Waals surface area contributed by atoms with Crippen LogP contribution in [0.3, 0.4) is 0 Å². The molecule has 0 saturated heterocycles. The maximum absolute atomic E-state index is 13.1. The molecule has 0 aliphatic rings. The van der Waals surface area contributed by atoms with Gasteiger partial charge in [0, 0.05) is 10.5 Å². The Balaban J connectivity index is 3.02. The second kappa shape index (κ2) is 4.39. The molecule has 70 valence electrons. The molecule has 2 nitrogen and oxygen atoms in total. The highest BCUT2D eigenvalue weighted by Crippen LogP contribution is 2.19. The zero-order valence-electron chi connectivity index (χ0n) is 7.21. The van der Waals surface area contributed by atoms with E-state index in [9.17, 15) is 9.18 Å².